The summed E-state index contributed by atoms with van der Waals surface area (Å²) < 4.78 is 26.5. The molecule has 0 spiro atoms. The van der Waals surface area contributed by atoms with Crippen molar-refractivity contribution in [2.24, 2.45) is 0 Å². The van der Waals surface area contributed by atoms with E-state index in [0.717, 1.165) is 12.1 Å². The standard InChI is InChI=1S/C11H11Cl2F2NO/c1-2-6(5-12)16-11(17)7-3-10(15)8(13)4-9(7)14/h3-4,6H,2,5H2,1H3,(H,16,17). The van der Waals surface area contributed by atoms with Gasteiger partial charge in [0.1, 0.15) is 11.6 Å². The van der Waals surface area contributed by atoms with E-state index in [1.54, 1.807) is 0 Å². The van der Waals surface area contributed by atoms with Crippen LogP contribution in [0.15, 0.2) is 12.1 Å². The van der Waals surface area contributed by atoms with E-state index in [-0.39, 0.29) is 22.5 Å². The molecule has 0 saturated heterocycles. The van der Waals surface area contributed by atoms with Crippen LogP contribution in [0.1, 0.15) is 23.7 Å². The van der Waals surface area contributed by atoms with Gasteiger partial charge in [-0.15, -0.1) is 11.6 Å². The second-order valence-corrected chi connectivity index (χ2v) is 4.19. The molecule has 1 aromatic carbocycles. The molecule has 6 heteroatoms. The third-order valence-corrected chi connectivity index (χ3v) is 2.93. The summed E-state index contributed by atoms with van der Waals surface area (Å²) in [4.78, 5) is 11.6. The first-order chi connectivity index (χ1) is 7.99. The topological polar surface area (TPSA) is 29.1 Å². The smallest absolute Gasteiger partial charge is 0.254 e. The predicted molar refractivity (Wildman–Crippen MR) is 63.6 cm³/mol. The summed E-state index contributed by atoms with van der Waals surface area (Å²) in [5.74, 6) is -2.19. The van der Waals surface area contributed by atoms with Crippen molar-refractivity contribution in [3.63, 3.8) is 0 Å². The van der Waals surface area contributed by atoms with Crippen LogP contribution in [-0.4, -0.2) is 17.8 Å². The second-order valence-electron chi connectivity index (χ2n) is 3.48. The number of carbonyl (C=O) groups excluding carboxylic acids is 1. The normalized spacial score (nSPS) is 12.3. The molecule has 0 aliphatic heterocycles. The van der Waals surface area contributed by atoms with Crippen molar-refractivity contribution >= 4 is 29.1 Å². The zero-order chi connectivity index (χ0) is 13.0. The molecule has 0 aromatic heterocycles. The molecule has 1 N–H and O–H groups in total. The van der Waals surface area contributed by atoms with E-state index in [1.165, 1.54) is 0 Å². The van der Waals surface area contributed by atoms with Crippen molar-refractivity contribution in [1.29, 1.82) is 0 Å². The van der Waals surface area contributed by atoms with Gasteiger partial charge in [-0.05, 0) is 18.6 Å². The maximum absolute atomic E-state index is 13.4. The lowest BCUT2D eigenvalue weighted by atomic mass is 10.1. The third-order valence-electron chi connectivity index (χ3n) is 2.27. The Morgan fingerprint density at radius 1 is 1.41 bits per heavy atom. The Kier molecular flexibility index (Phi) is 5.15. The molecule has 94 valence electrons. The minimum absolute atomic E-state index is 0.208. The van der Waals surface area contributed by atoms with Gasteiger partial charge in [-0.3, -0.25) is 4.79 Å². The van der Waals surface area contributed by atoms with Gasteiger partial charge >= 0.3 is 0 Å². The molecule has 2 nitrogen and oxygen atoms in total. The molecule has 0 heterocycles. The highest BCUT2D eigenvalue weighted by atomic mass is 35.5. The highest BCUT2D eigenvalue weighted by Crippen LogP contribution is 2.19. The van der Waals surface area contributed by atoms with E-state index in [1.807, 2.05) is 6.92 Å². The minimum Gasteiger partial charge on any atom is -0.348 e. The molecule has 1 atom stereocenters. The molecule has 1 unspecified atom stereocenters. The largest absolute Gasteiger partial charge is 0.348 e. The lowest BCUT2D eigenvalue weighted by Crippen LogP contribution is -2.36. The average molecular weight is 282 g/mol. The molecule has 0 bridgehead atoms. The maximum atomic E-state index is 13.4. The van der Waals surface area contributed by atoms with E-state index in [9.17, 15) is 13.6 Å². The molecule has 0 aliphatic rings. The Balaban J connectivity index is 2.93. The van der Waals surface area contributed by atoms with Crippen LogP contribution in [0.4, 0.5) is 8.78 Å². The van der Waals surface area contributed by atoms with Gasteiger partial charge in [0.25, 0.3) is 5.91 Å². The molecule has 1 rings (SSSR count). The zero-order valence-electron chi connectivity index (χ0n) is 9.07. The molecular weight excluding hydrogens is 271 g/mol. The number of hydrogen-bond acceptors (Lipinski definition) is 1. The van der Waals surface area contributed by atoms with Gasteiger partial charge in [0.2, 0.25) is 0 Å². The Bertz CT molecular complexity index is 422. The van der Waals surface area contributed by atoms with E-state index < -0.39 is 17.5 Å². The molecule has 1 amide bonds. The SMILES string of the molecule is CCC(CCl)NC(=O)c1cc(F)c(Cl)cc1F. The van der Waals surface area contributed by atoms with Gasteiger partial charge in [-0.1, -0.05) is 18.5 Å². The minimum atomic E-state index is -0.863. The number of halogens is 4. The fourth-order valence-corrected chi connectivity index (χ4v) is 1.66. The number of carbonyl (C=O) groups is 1. The van der Waals surface area contributed by atoms with Crippen LogP contribution in [-0.2, 0) is 0 Å². The second kappa shape index (κ2) is 6.17. The van der Waals surface area contributed by atoms with Crippen molar-refractivity contribution in [2.75, 3.05) is 5.88 Å². The van der Waals surface area contributed by atoms with Crippen molar-refractivity contribution in [3.8, 4) is 0 Å². The molecular formula is C11H11Cl2F2NO. The summed E-state index contributed by atoms with van der Waals surface area (Å²) in [6, 6.07) is 1.27. The van der Waals surface area contributed by atoms with Crippen molar-refractivity contribution in [3.05, 3.63) is 34.4 Å². The summed E-state index contributed by atoms with van der Waals surface area (Å²) in [7, 11) is 0. The summed E-state index contributed by atoms with van der Waals surface area (Å²) in [5.41, 5.74) is -0.379. The fourth-order valence-electron chi connectivity index (χ4n) is 1.21. The summed E-state index contributed by atoms with van der Waals surface area (Å²) in [6.07, 6.45) is 0.604. The van der Waals surface area contributed by atoms with Crippen LogP contribution in [0.5, 0.6) is 0 Å². The van der Waals surface area contributed by atoms with Crippen LogP contribution in [0.25, 0.3) is 0 Å². The lowest BCUT2D eigenvalue weighted by molar-refractivity contribution is 0.0935. The number of nitrogens with one attached hydrogen (secondary N) is 1. The number of rotatable bonds is 4. The van der Waals surface area contributed by atoms with E-state index in [0.29, 0.717) is 6.42 Å². The number of alkyl halides is 1. The molecule has 17 heavy (non-hydrogen) atoms. The van der Waals surface area contributed by atoms with E-state index in [2.05, 4.69) is 5.32 Å². The molecule has 0 radical (unpaired) electrons. The number of amides is 1. The Morgan fingerprint density at radius 2 is 2.06 bits per heavy atom. The lowest BCUT2D eigenvalue weighted by Gasteiger charge is -2.14. The Morgan fingerprint density at radius 3 is 2.59 bits per heavy atom. The summed E-state index contributed by atoms with van der Waals surface area (Å²) in [6.45, 7) is 1.83. The molecule has 1 aromatic rings. The first-order valence-corrected chi connectivity index (χ1v) is 5.92. The third kappa shape index (κ3) is 3.54. The number of hydrogen-bond donors (Lipinski definition) is 1. The van der Waals surface area contributed by atoms with Gasteiger partial charge in [0.15, 0.2) is 0 Å². The van der Waals surface area contributed by atoms with Crippen molar-refractivity contribution < 1.29 is 13.6 Å². The van der Waals surface area contributed by atoms with Crippen molar-refractivity contribution in [1.82, 2.24) is 5.32 Å². The van der Waals surface area contributed by atoms with Gasteiger partial charge < -0.3 is 5.32 Å². The molecule has 0 aliphatic carbocycles. The monoisotopic (exact) mass is 281 g/mol. The first kappa shape index (κ1) is 14.2. The first-order valence-electron chi connectivity index (χ1n) is 5.01. The van der Waals surface area contributed by atoms with Crippen LogP contribution in [0.3, 0.4) is 0 Å². The predicted octanol–water partition coefficient (Wildman–Crippen LogP) is 3.37. The van der Waals surface area contributed by atoms with Crippen LogP contribution in [0, 0.1) is 11.6 Å². The fraction of sp³-hybridized carbons (Fsp3) is 0.364. The van der Waals surface area contributed by atoms with Gasteiger partial charge in [0.05, 0.1) is 10.6 Å². The van der Waals surface area contributed by atoms with Crippen LogP contribution in [0.2, 0.25) is 5.02 Å². The Hall–Kier alpha value is -0.870. The average Bonchev–Trinajstić information content (AvgIpc) is 2.30. The van der Waals surface area contributed by atoms with Gasteiger partial charge in [-0.2, -0.15) is 0 Å². The van der Waals surface area contributed by atoms with Gasteiger partial charge in [0, 0.05) is 11.9 Å². The highest BCUT2D eigenvalue weighted by molar-refractivity contribution is 6.30. The van der Waals surface area contributed by atoms with E-state index in [4.69, 9.17) is 23.2 Å². The highest BCUT2D eigenvalue weighted by Gasteiger charge is 2.17. The maximum Gasteiger partial charge on any atom is 0.254 e. The summed E-state index contributed by atoms with van der Waals surface area (Å²) >= 11 is 11.0. The quantitative estimate of drug-likeness (QED) is 0.665. The molecule has 0 saturated carbocycles. The van der Waals surface area contributed by atoms with Crippen molar-refractivity contribution in [2.45, 2.75) is 19.4 Å². The van der Waals surface area contributed by atoms with E-state index >= 15 is 0 Å². The Labute approximate surface area is 108 Å². The van der Waals surface area contributed by atoms with Crippen LogP contribution < -0.4 is 5.32 Å². The molecule has 0 fully saturated rings. The zero-order valence-corrected chi connectivity index (χ0v) is 10.6. The number of benzene rings is 1. The summed E-state index contributed by atoms with van der Waals surface area (Å²) in [5, 5.41) is 2.14. The van der Waals surface area contributed by atoms with Gasteiger partial charge in [-0.25, -0.2) is 8.78 Å². The van der Waals surface area contributed by atoms with Crippen LogP contribution >= 0.6 is 23.2 Å².